The van der Waals surface area contributed by atoms with E-state index in [4.69, 9.17) is 40.2 Å². The Hall–Kier alpha value is -4.16. The van der Waals surface area contributed by atoms with Crippen molar-refractivity contribution >= 4 is 74.8 Å². The van der Waals surface area contributed by atoms with E-state index in [0.29, 0.717) is 22.1 Å². The van der Waals surface area contributed by atoms with E-state index in [2.05, 4.69) is 4.98 Å². The van der Waals surface area contributed by atoms with Gasteiger partial charge in [-0.1, -0.05) is 71.4 Å². The number of benzene rings is 2. The van der Waals surface area contributed by atoms with Gasteiger partial charge < -0.3 is 4.74 Å². The maximum absolute atomic E-state index is 13.9. The Morgan fingerprint density at radius 3 is 2.44 bits per heavy atom. The number of fused-ring (bicyclic) bond motifs is 1. The Morgan fingerprint density at radius 1 is 0.977 bits per heavy atom. The Morgan fingerprint density at radius 2 is 1.72 bits per heavy atom. The Labute approximate surface area is 264 Å². The molecular weight excluding hydrogens is 629 g/mol. The Balaban J connectivity index is 1.48. The van der Waals surface area contributed by atoms with Gasteiger partial charge in [0, 0.05) is 18.3 Å². The summed E-state index contributed by atoms with van der Waals surface area (Å²) in [5.74, 6) is -0.388. The number of carbonyl (C=O) groups excluding carboxylic acids is 1. The van der Waals surface area contributed by atoms with E-state index in [1.807, 2.05) is 31.2 Å². The summed E-state index contributed by atoms with van der Waals surface area (Å²) in [5.41, 5.74) is 1.54. The second-order valence-electron chi connectivity index (χ2n) is 9.62. The average molecular weight is 651 g/mol. The molecule has 0 radical (unpaired) electrons. The molecule has 1 aliphatic heterocycles. The van der Waals surface area contributed by atoms with Gasteiger partial charge in [0.2, 0.25) is 5.88 Å². The SMILES string of the molecule is Cc1cccn2c(=O)c(/C=C3/SC(=S)N(c4c(C)n(C)n(-c5ccccc5)c4=O)C3=O)c(Oc3ccc(Cl)cc3Cl)nc12. The summed E-state index contributed by atoms with van der Waals surface area (Å²) >= 11 is 19.0. The fraction of sp³-hybridized carbons (Fsp3) is 0.100. The van der Waals surface area contributed by atoms with Crippen LogP contribution in [0.15, 0.2) is 81.4 Å². The quantitative estimate of drug-likeness (QED) is 0.163. The second kappa shape index (κ2) is 11.2. The lowest BCUT2D eigenvalue weighted by molar-refractivity contribution is -0.113. The second-order valence-corrected chi connectivity index (χ2v) is 12.1. The van der Waals surface area contributed by atoms with Crippen LogP contribution in [-0.2, 0) is 11.8 Å². The molecule has 9 nitrogen and oxygen atoms in total. The maximum Gasteiger partial charge on any atom is 0.296 e. The van der Waals surface area contributed by atoms with E-state index >= 15 is 0 Å². The third kappa shape index (κ3) is 4.98. The Bertz CT molecular complexity index is 2140. The normalized spacial score (nSPS) is 14.3. The first-order valence-corrected chi connectivity index (χ1v) is 14.8. The molecule has 5 aromatic rings. The highest BCUT2D eigenvalue weighted by Crippen LogP contribution is 2.38. The summed E-state index contributed by atoms with van der Waals surface area (Å²) in [6.45, 7) is 3.55. The van der Waals surface area contributed by atoms with Gasteiger partial charge in [-0.25, -0.2) is 4.68 Å². The number of hydrogen-bond acceptors (Lipinski definition) is 7. The first kappa shape index (κ1) is 28.9. The van der Waals surface area contributed by atoms with Gasteiger partial charge in [0.1, 0.15) is 22.6 Å². The molecule has 2 aromatic carbocycles. The average Bonchev–Trinajstić information content (AvgIpc) is 3.37. The maximum atomic E-state index is 13.9. The van der Waals surface area contributed by atoms with Crippen molar-refractivity contribution in [2.75, 3.05) is 4.90 Å². The molecule has 1 fully saturated rings. The van der Waals surface area contributed by atoms with Crippen molar-refractivity contribution in [1.82, 2.24) is 18.7 Å². The summed E-state index contributed by atoms with van der Waals surface area (Å²) in [6.07, 6.45) is 2.97. The lowest BCUT2D eigenvalue weighted by Gasteiger charge is -2.13. The van der Waals surface area contributed by atoms with Crippen LogP contribution in [0, 0.1) is 13.8 Å². The summed E-state index contributed by atoms with van der Waals surface area (Å²) in [7, 11) is 1.73. The highest BCUT2D eigenvalue weighted by molar-refractivity contribution is 8.27. The highest BCUT2D eigenvalue weighted by atomic mass is 35.5. The highest BCUT2D eigenvalue weighted by Gasteiger charge is 2.38. The molecule has 0 N–H and O–H groups in total. The van der Waals surface area contributed by atoms with Crippen LogP contribution >= 0.6 is 47.2 Å². The first-order chi connectivity index (χ1) is 20.6. The molecule has 216 valence electrons. The predicted molar refractivity (Wildman–Crippen MR) is 174 cm³/mol. The molecule has 3 aromatic heterocycles. The van der Waals surface area contributed by atoms with Crippen molar-refractivity contribution in [3.8, 4) is 17.3 Å². The number of aryl methyl sites for hydroxylation is 1. The van der Waals surface area contributed by atoms with Crippen LogP contribution in [0.5, 0.6) is 11.6 Å². The van der Waals surface area contributed by atoms with Gasteiger partial charge in [0.05, 0.1) is 21.3 Å². The number of rotatable bonds is 5. The summed E-state index contributed by atoms with van der Waals surface area (Å²) in [6, 6.07) is 17.3. The van der Waals surface area contributed by atoms with Gasteiger partial charge in [-0.05, 0) is 61.9 Å². The molecule has 4 heterocycles. The third-order valence-corrected chi connectivity index (χ3v) is 8.80. The minimum Gasteiger partial charge on any atom is -0.437 e. The number of amides is 1. The molecule has 0 aliphatic carbocycles. The number of halogens is 2. The standard InChI is InChI=1S/C30H21Cl2N5O4S2/c1-16-8-7-13-35-25(16)33-26(41-22-12-11-18(31)14-21(22)32)20(27(35)38)15-23-28(39)36(30(42)43-23)24-17(2)34(3)37(29(24)40)19-9-5-4-6-10-19/h4-15H,1-3H3/b23-15+. The third-order valence-electron chi connectivity index (χ3n) is 6.97. The zero-order valence-corrected chi connectivity index (χ0v) is 26.0. The predicted octanol–water partition coefficient (Wildman–Crippen LogP) is 6.31. The fourth-order valence-corrected chi connectivity index (χ4v) is 6.46. The van der Waals surface area contributed by atoms with Crippen LogP contribution in [-0.4, -0.2) is 29.0 Å². The monoisotopic (exact) mass is 649 g/mol. The van der Waals surface area contributed by atoms with E-state index in [9.17, 15) is 14.4 Å². The van der Waals surface area contributed by atoms with Crippen molar-refractivity contribution in [3.63, 3.8) is 0 Å². The zero-order chi connectivity index (χ0) is 30.6. The van der Waals surface area contributed by atoms with E-state index in [1.54, 1.807) is 55.2 Å². The lowest BCUT2D eigenvalue weighted by Crippen LogP contribution is -2.33. The number of carbonyl (C=O) groups is 1. The molecule has 0 atom stereocenters. The van der Waals surface area contributed by atoms with Crippen LogP contribution < -0.4 is 20.8 Å². The molecular formula is C30H21Cl2N5O4S2. The van der Waals surface area contributed by atoms with E-state index < -0.39 is 17.0 Å². The lowest BCUT2D eigenvalue weighted by atomic mass is 10.2. The minimum absolute atomic E-state index is 0.00102. The topological polar surface area (TPSA) is 90.8 Å². The first-order valence-electron chi connectivity index (χ1n) is 12.8. The van der Waals surface area contributed by atoms with Gasteiger partial charge in [0.25, 0.3) is 17.0 Å². The van der Waals surface area contributed by atoms with Gasteiger partial charge >= 0.3 is 0 Å². The van der Waals surface area contributed by atoms with Gasteiger partial charge in [-0.3, -0.25) is 28.4 Å². The van der Waals surface area contributed by atoms with Crippen LogP contribution in [0.1, 0.15) is 16.8 Å². The van der Waals surface area contributed by atoms with Crippen LogP contribution in [0.4, 0.5) is 5.69 Å². The molecule has 0 saturated carbocycles. The fourth-order valence-electron chi connectivity index (χ4n) is 4.76. The number of thiocarbonyl (C=S) groups is 1. The minimum atomic E-state index is -0.551. The van der Waals surface area contributed by atoms with Crippen molar-refractivity contribution in [2.45, 2.75) is 13.8 Å². The molecule has 0 spiro atoms. The number of aromatic nitrogens is 4. The summed E-state index contributed by atoms with van der Waals surface area (Å²) in [5, 5.41) is 0.622. The number of nitrogens with zero attached hydrogens (tertiary/aromatic N) is 5. The molecule has 0 bridgehead atoms. The van der Waals surface area contributed by atoms with E-state index in [1.165, 1.54) is 26.1 Å². The zero-order valence-electron chi connectivity index (χ0n) is 22.9. The molecule has 1 aliphatic rings. The van der Waals surface area contributed by atoms with Gasteiger partial charge in [0.15, 0.2) is 4.32 Å². The smallest absolute Gasteiger partial charge is 0.296 e. The van der Waals surface area contributed by atoms with Crippen molar-refractivity contribution in [3.05, 3.63) is 119 Å². The van der Waals surface area contributed by atoms with Gasteiger partial charge in [-0.2, -0.15) is 4.98 Å². The molecule has 6 rings (SSSR count). The van der Waals surface area contributed by atoms with Gasteiger partial charge in [-0.15, -0.1) is 0 Å². The number of anilines is 1. The summed E-state index contributed by atoms with van der Waals surface area (Å²) in [4.78, 5) is 47.2. The van der Waals surface area contributed by atoms with E-state index in [-0.39, 0.29) is 37.1 Å². The largest absolute Gasteiger partial charge is 0.437 e. The number of pyridine rings is 1. The number of para-hydroxylation sites is 1. The number of ether oxygens (including phenoxy) is 1. The number of thioether (sulfide) groups is 1. The number of hydrogen-bond donors (Lipinski definition) is 0. The molecule has 1 saturated heterocycles. The van der Waals surface area contributed by atoms with Crippen molar-refractivity contribution in [2.24, 2.45) is 7.05 Å². The molecule has 0 unspecified atom stereocenters. The molecule has 43 heavy (non-hydrogen) atoms. The van der Waals surface area contributed by atoms with Crippen LogP contribution in [0.3, 0.4) is 0 Å². The van der Waals surface area contributed by atoms with Crippen molar-refractivity contribution < 1.29 is 9.53 Å². The van der Waals surface area contributed by atoms with Crippen LogP contribution in [0.25, 0.3) is 17.4 Å². The van der Waals surface area contributed by atoms with Crippen molar-refractivity contribution in [1.29, 1.82) is 0 Å². The van der Waals surface area contributed by atoms with E-state index in [0.717, 1.165) is 17.3 Å². The molecule has 1 amide bonds. The van der Waals surface area contributed by atoms with Crippen LogP contribution in [0.2, 0.25) is 10.0 Å². The Kier molecular flexibility index (Phi) is 7.51. The summed E-state index contributed by atoms with van der Waals surface area (Å²) < 4.78 is 10.7. The molecule has 13 heteroatoms.